The van der Waals surface area contributed by atoms with Crippen LogP contribution in [0.15, 0.2) is 30.3 Å². The molecule has 1 aromatic rings. The van der Waals surface area contributed by atoms with Gasteiger partial charge in [0, 0.05) is 12.6 Å². The minimum atomic E-state index is 0.0227. The molecule has 3 heteroatoms. The maximum Gasteiger partial charge on any atom is 0.224 e. The average Bonchev–Trinajstić information content (AvgIpc) is 2.40. The molecule has 1 amide bonds. The number of hydrogen-bond donors (Lipinski definition) is 2. The van der Waals surface area contributed by atoms with Crippen molar-refractivity contribution in [1.29, 1.82) is 0 Å². The number of amides is 1. The van der Waals surface area contributed by atoms with Gasteiger partial charge in [-0.15, -0.1) is 0 Å². The molecule has 1 aliphatic rings. The highest BCUT2D eigenvalue weighted by Gasteiger charge is 2.27. The van der Waals surface area contributed by atoms with E-state index in [2.05, 4.69) is 17.4 Å². The Bertz CT molecular complexity index is 377. The van der Waals surface area contributed by atoms with Gasteiger partial charge in [-0.2, -0.15) is 0 Å². The molecule has 0 bridgehead atoms. The summed E-state index contributed by atoms with van der Waals surface area (Å²) in [6.07, 6.45) is 5.10. The molecule has 1 aliphatic carbocycles. The standard InChI is InChI=1S/C15H22N2O/c16-14-9-5-4-8-13(14)15(18)17-11-10-12-6-2-1-3-7-12/h1-3,6-7,13-14H,4-5,8-11,16H2,(H,17,18). The molecule has 3 nitrogen and oxygen atoms in total. The smallest absolute Gasteiger partial charge is 0.224 e. The molecule has 2 rings (SSSR count). The molecule has 0 radical (unpaired) electrons. The van der Waals surface area contributed by atoms with E-state index in [1.54, 1.807) is 0 Å². The van der Waals surface area contributed by atoms with Crippen LogP contribution in [0.5, 0.6) is 0 Å². The highest BCUT2D eigenvalue weighted by molar-refractivity contribution is 5.79. The first-order chi connectivity index (χ1) is 8.77. The van der Waals surface area contributed by atoms with Crippen molar-refractivity contribution < 1.29 is 4.79 Å². The molecule has 2 unspecified atom stereocenters. The number of carbonyl (C=O) groups excluding carboxylic acids is 1. The fourth-order valence-electron chi connectivity index (χ4n) is 2.59. The van der Waals surface area contributed by atoms with Crippen molar-refractivity contribution in [2.24, 2.45) is 11.7 Å². The number of nitrogens with one attached hydrogen (secondary N) is 1. The van der Waals surface area contributed by atoms with Gasteiger partial charge >= 0.3 is 0 Å². The van der Waals surface area contributed by atoms with Gasteiger partial charge in [0.1, 0.15) is 0 Å². The van der Waals surface area contributed by atoms with E-state index in [4.69, 9.17) is 5.73 Å². The number of hydrogen-bond acceptors (Lipinski definition) is 2. The molecule has 1 fully saturated rings. The van der Waals surface area contributed by atoms with Crippen molar-refractivity contribution in [2.75, 3.05) is 6.54 Å². The van der Waals surface area contributed by atoms with Crippen LogP contribution in [0.3, 0.4) is 0 Å². The second-order valence-electron chi connectivity index (χ2n) is 5.08. The Labute approximate surface area is 109 Å². The van der Waals surface area contributed by atoms with Gasteiger partial charge in [0.05, 0.1) is 5.92 Å². The monoisotopic (exact) mass is 246 g/mol. The van der Waals surface area contributed by atoms with E-state index in [0.29, 0.717) is 6.54 Å². The van der Waals surface area contributed by atoms with Crippen LogP contribution >= 0.6 is 0 Å². The average molecular weight is 246 g/mol. The summed E-state index contributed by atoms with van der Waals surface area (Å²) in [7, 11) is 0. The third-order valence-electron chi connectivity index (χ3n) is 3.71. The zero-order chi connectivity index (χ0) is 12.8. The molecule has 18 heavy (non-hydrogen) atoms. The van der Waals surface area contributed by atoms with Crippen LogP contribution in [0.4, 0.5) is 0 Å². The minimum absolute atomic E-state index is 0.0227. The van der Waals surface area contributed by atoms with E-state index in [-0.39, 0.29) is 17.9 Å². The van der Waals surface area contributed by atoms with Crippen LogP contribution in [0.25, 0.3) is 0 Å². The van der Waals surface area contributed by atoms with Crippen LogP contribution in [-0.4, -0.2) is 18.5 Å². The molecule has 1 aromatic carbocycles. The summed E-state index contributed by atoms with van der Waals surface area (Å²) < 4.78 is 0. The van der Waals surface area contributed by atoms with Gasteiger partial charge in [0.25, 0.3) is 0 Å². The van der Waals surface area contributed by atoms with Crippen molar-refractivity contribution in [3.8, 4) is 0 Å². The van der Waals surface area contributed by atoms with Crippen LogP contribution in [0.1, 0.15) is 31.2 Å². The summed E-state index contributed by atoms with van der Waals surface area (Å²) in [5, 5.41) is 3.01. The van der Waals surface area contributed by atoms with Gasteiger partial charge in [-0.05, 0) is 24.8 Å². The summed E-state index contributed by atoms with van der Waals surface area (Å²) >= 11 is 0. The molecule has 0 aromatic heterocycles. The second kappa shape index (κ2) is 6.55. The van der Waals surface area contributed by atoms with E-state index in [9.17, 15) is 4.79 Å². The molecule has 0 saturated heterocycles. The summed E-state index contributed by atoms with van der Waals surface area (Å²) in [6.45, 7) is 0.700. The van der Waals surface area contributed by atoms with E-state index < -0.39 is 0 Å². The molecule has 2 atom stereocenters. The van der Waals surface area contributed by atoms with Gasteiger partial charge in [-0.25, -0.2) is 0 Å². The highest BCUT2D eigenvalue weighted by Crippen LogP contribution is 2.22. The Morgan fingerprint density at radius 1 is 1.22 bits per heavy atom. The van der Waals surface area contributed by atoms with Crippen LogP contribution in [-0.2, 0) is 11.2 Å². The van der Waals surface area contributed by atoms with Gasteiger partial charge in [-0.1, -0.05) is 43.2 Å². The highest BCUT2D eigenvalue weighted by atomic mass is 16.1. The molecule has 3 N–H and O–H groups in total. The largest absolute Gasteiger partial charge is 0.355 e. The number of carbonyl (C=O) groups is 1. The lowest BCUT2D eigenvalue weighted by Gasteiger charge is -2.27. The van der Waals surface area contributed by atoms with Crippen molar-refractivity contribution in [3.63, 3.8) is 0 Å². The topological polar surface area (TPSA) is 55.1 Å². The zero-order valence-electron chi connectivity index (χ0n) is 10.8. The Balaban J connectivity index is 1.74. The van der Waals surface area contributed by atoms with Gasteiger partial charge in [-0.3, -0.25) is 4.79 Å². The first-order valence-electron chi connectivity index (χ1n) is 6.84. The number of rotatable bonds is 4. The molecule has 0 spiro atoms. The van der Waals surface area contributed by atoms with Gasteiger partial charge < -0.3 is 11.1 Å². The Morgan fingerprint density at radius 2 is 1.94 bits per heavy atom. The first-order valence-corrected chi connectivity index (χ1v) is 6.84. The van der Waals surface area contributed by atoms with E-state index in [1.165, 1.54) is 5.56 Å². The normalized spacial score (nSPS) is 23.6. The molecule has 98 valence electrons. The summed E-state index contributed by atoms with van der Waals surface area (Å²) in [5.41, 5.74) is 7.26. The van der Waals surface area contributed by atoms with E-state index in [0.717, 1.165) is 32.1 Å². The van der Waals surface area contributed by atoms with Crippen molar-refractivity contribution in [2.45, 2.75) is 38.1 Å². The number of benzene rings is 1. The van der Waals surface area contributed by atoms with Crippen LogP contribution < -0.4 is 11.1 Å². The van der Waals surface area contributed by atoms with Gasteiger partial charge in [0.2, 0.25) is 5.91 Å². The zero-order valence-corrected chi connectivity index (χ0v) is 10.8. The maximum atomic E-state index is 12.0. The maximum absolute atomic E-state index is 12.0. The Hall–Kier alpha value is -1.35. The lowest BCUT2D eigenvalue weighted by atomic mass is 9.84. The summed E-state index contributed by atoms with van der Waals surface area (Å²) in [4.78, 5) is 12.0. The molecule has 0 heterocycles. The minimum Gasteiger partial charge on any atom is -0.355 e. The Morgan fingerprint density at radius 3 is 2.67 bits per heavy atom. The lowest BCUT2D eigenvalue weighted by Crippen LogP contribution is -2.44. The predicted molar refractivity (Wildman–Crippen MR) is 73.1 cm³/mol. The van der Waals surface area contributed by atoms with Crippen molar-refractivity contribution >= 4 is 5.91 Å². The van der Waals surface area contributed by atoms with Crippen molar-refractivity contribution in [3.05, 3.63) is 35.9 Å². The van der Waals surface area contributed by atoms with Crippen molar-refractivity contribution in [1.82, 2.24) is 5.32 Å². The fourth-order valence-corrected chi connectivity index (χ4v) is 2.59. The summed E-state index contributed by atoms with van der Waals surface area (Å²) in [6, 6.07) is 10.3. The predicted octanol–water partition coefficient (Wildman–Crippen LogP) is 1.86. The molecule has 0 aliphatic heterocycles. The third kappa shape index (κ3) is 3.57. The Kier molecular flexibility index (Phi) is 4.76. The molecular formula is C15H22N2O. The van der Waals surface area contributed by atoms with E-state index in [1.807, 2.05) is 18.2 Å². The molecule has 1 saturated carbocycles. The first kappa shape index (κ1) is 13.1. The van der Waals surface area contributed by atoms with Gasteiger partial charge in [0.15, 0.2) is 0 Å². The SMILES string of the molecule is NC1CCCCC1C(=O)NCCc1ccccc1. The third-order valence-corrected chi connectivity index (χ3v) is 3.71. The summed E-state index contributed by atoms with van der Waals surface area (Å²) in [5.74, 6) is 0.160. The number of nitrogens with two attached hydrogens (primary N) is 1. The van der Waals surface area contributed by atoms with Crippen LogP contribution in [0, 0.1) is 5.92 Å². The van der Waals surface area contributed by atoms with E-state index >= 15 is 0 Å². The lowest BCUT2D eigenvalue weighted by molar-refractivity contribution is -0.126. The molecular weight excluding hydrogens is 224 g/mol. The fraction of sp³-hybridized carbons (Fsp3) is 0.533. The second-order valence-corrected chi connectivity index (χ2v) is 5.08. The van der Waals surface area contributed by atoms with Crippen LogP contribution in [0.2, 0.25) is 0 Å². The quantitative estimate of drug-likeness (QED) is 0.852.